The summed E-state index contributed by atoms with van der Waals surface area (Å²) < 4.78 is 16.0. The molecule has 1 atom stereocenters. The van der Waals surface area contributed by atoms with Gasteiger partial charge in [-0.2, -0.15) is 0 Å². The van der Waals surface area contributed by atoms with E-state index in [-0.39, 0.29) is 36.0 Å². The summed E-state index contributed by atoms with van der Waals surface area (Å²) in [5, 5.41) is 2.81. The van der Waals surface area contributed by atoms with Gasteiger partial charge < -0.3 is 24.4 Å². The van der Waals surface area contributed by atoms with E-state index in [0.717, 1.165) is 25.0 Å². The van der Waals surface area contributed by atoms with E-state index < -0.39 is 5.97 Å². The molecule has 1 saturated heterocycles. The average molecular weight is 457 g/mol. The van der Waals surface area contributed by atoms with Crippen molar-refractivity contribution in [2.24, 2.45) is 5.92 Å². The van der Waals surface area contributed by atoms with Gasteiger partial charge in [0.1, 0.15) is 5.75 Å². The normalized spacial score (nSPS) is 19.5. The van der Waals surface area contributed by atoms with E-state index >= 15 is 0 Å². The molecule has 1 aromatic carbocycles. The SMILES string of the molecule is COC(=O)C1=C(C)N(CC(C)C)C(=O)C1=Cc1ccc(OCC(=O)NCC2CCCO2)cc1. The summed E-state index contributed by atoms with van der Waals surface area (Å²) in [5.74, 6) is -0.177. The number of nitrogens with zero attached hydrogens (tertiary/aromatic N) is 1. The molecule has 0 radical (unpaired) electrons. The van der Waals surface area contributed by atoms with Crippen LogP contribution in [-0.4, -0.2) is 62.2 Å². The van der Waals surface area contributed by atoms with Crippen LogP contribution in [0, 0.1) is 5.92 Å². The maximum Gasteiger partial charge on any atom is 0.340 e. The number of rotatable bonds is 9. The van der Waals surface area contributed by atoms with Crippen molar-refractivity contribution >= 4 is 23.9 Å². The van der Waals surface area contributed by atoms with Crippen LogP contribution in [0.2, 0.25) is 0 Å². The zero-order chi connectivity index (χ0) is 24.0. The van der Waals surface area contributed by atoms with Gasteiger partial charge >= 0.3 is 5.97 Å². The average Bonchev–Trinajstić information content (AvgIpc) is 3.39. The predicted octanol–water partition coefficient (Wildman–Crippen LogP) is 2.69. The van der Waals surface area contributed by atoms with Crippen molar-refractivity contribution in [2.45, 2.75) is 39.7 Å². The number of nitrogens with one attached hydrogen (secondary N) is 1. The van der Waals surface area contributed by atoms with Gasteiger partial charge in [0.05, 0.1) is 24.4 Å². The standard InChI is InChI=1S/C25H32N2O6/c1-16(2)14-27-17(3)23(25(30)31-4)21(24(27)29)12-18-7-9-19(10-8-18)33-15-22(28)26-13-20-6-5-11-32-20/h7-10,12,16,20H,5-6,11,13-15H2,1-4H3,(H,26,28). The molecule has 0 bridgehead atoms. The molecule has 33 heavy (non-hydrogen) atoms. The Hall–Kier alpha value is -3.13. The number of ether oxygens (including phenoxy) is 3. The molecule has 0 saturated carbocycles. The third-order valence-corrected chi connectivity index (χ3v) is 5.56. The molecule has 2 amide bonds. The van der Waals surface area contributed by atoms with Gasteiger partial charge in [0, 0.05) is 25.4 Å². The molecule has 1 N–H and O–H groups in total. The number of allylic oxidation sites excluding steroid dienone is 1. The first-order chi connectivity index (χ1) is 15.8. The third kappa shape index (κ3) is 6.22. The van der Waals surface area contributed by atoms with Crippen LogP contribution < -0.4 is 10.1 Å². The Morgan fingerprint density at radius 3 is 2.61 bits per heavy atom. The lowest BCUT2D eigenvalue weighted by atomic mass is 10.0. The van der Waals surface area contributed by atoms with E-state index in [1.54, 1.807) is 42.2 Å². The van der Waals surface area contributed by atoms with Gasteiger partial charge in [0.25, 0.3) is 11.8 Å². The van der Waals surface area contributed by atoms with Crippen LogP contribution in [-0.2, 0) is 23.9 Å². The van der Waals surface area contributed by atoms with Gasteiger partial charge in [-0.05, 0) is 49.5 Å². The van der Waals surface area contributed by atoms with Gasteiger partial charge in [-0.3, -0.25) is 9.59 Å². The first-order valence-corrected chi connectivity index (χ1v) is 11.2. The van der Waals surface area contributed by atoms with E-state index in [1.165, 1.54) is 7.11 Å². The molecular formula is C25H32N2O6. The number of carbonyl (C=O) groups is 3. The second kappa shape index (κ2) is 11.1. The Balaban J connectivity index is 1.65. The fraction of sp³-hybridized carbons (Fsp3) is 0.480. The summed E-state index contributed by atoms with van der Waals surface area (Å²) in [6.45, 7) is 7.45. The van der Waals surface area contributed by atoms with Gasteiger partial charge in [-0.25, -0.2) is 4.79 Å². The van der Waals surface area contributed by atoms with Crippen molar-refractivity contribution in [3.05, 3.63) is 46.7 Å². The maximum absolute atomic E-state index is 13.0. The van der Waals surface area contributed by atoms with Crippen LogP contribution >= 0.6 is 0 Å². The lowest BCUT2D eigenvalue weighted by Crippen LogP contribution is -2.35. The Morgan fingerprint density at radius 1 is 1.27 bits per heavy atom. The highest BCUT2D eigenvalue weighted by Gasteiger charge is 2.37. The largest absolute Gasteiger partial charge is 0.484 e. The number of carbonyl (C=O) groups excluding carboxylic acids is 3. The Bertz CT molecular complexity index is 942. The van der Waals surface area contributed by atoms with E-state index in [2.05, 4.69) is 5.32 Å². The fourth-order valence-corrected chi connectivity index (χ4v) is 3.87. The number of methoxy groups -OCH3 is 1. The van der Waals surface area contributed by atoms with Crippen molar-refractivity contribution in [3.8, 4) is 5.75 Å². The van der Waals surface area contributed by atoms with Gasteiger partial charge in [0.15, 0.2) is 6.61 Å². The van der Waals surface area contributed by atoms with Crippen LogP contribution in [0.5, 0.6) is 5.75 Å². The second-order valence-electron chi connectivity index (χ2n) is 8.62. The molecule has 0 aromatic heterocycles. The number of amides is 2. The minimum Gasteiger partial charge on any atom is -0.484 e. The molecule has 2 aliphatic heterocycles. The molecule has 1 unspecified atom stereocenters. The molecule has 3 rings (SSSR count). The quantitative estimate of drug-likeness (QED) is 0.454. The predicted molar refractivity (Wildman–Crippen MR) is 123 cm³/mol. The molecule has 1 fully saturated rings. The van der Waals surface area contributed by atoms with Crippen LogP contribution in [0.15, 0.2) is 41.1 Å². The van der Waals surface area contributed by atoms with Crippen molar-refractivity contribution in [1.82, 2.24) is 10.2 Å². The van der Waals surface area contributed by atoms with Crippen LogP contribution in [0.4, 0.5) is 0 Å². The molecular weight excluding hydrogens is 424 g/mol. The summed E-state index contributed by atoms with van der Waals surface area (Å²) in [6.07, 6.45) is 3.75. The number of benzene rings is 1. The zero-order valence-electron chi connectivity index (χ0n) is 19.7. The van der Waals surface area contributed by atoms with Gasteiger partial charge in [-0.1, -0.05) is 26.0 Å². The topological polar surface area (TPSA) is 94.2 Å². The molecule has 8 nitrogen and oxygen atoms in total. The summed E-state index contributed by atoms with van der Waals surface area (Å²) in [4.78, 5) is 39.0. The van der Waals surface area contributed by atoms with E-state index in [0.29, 0.717) is 30.1 Å². The molecule has 8 heteroatoms. The molecule has 2 aliphatic rings. The maximum atomic E-state index is 13.0. The summed E-state index contributed by atoms with van der Waals surface area (Å²) in [7, 11) is 1.30. The van der Waals surface area contributed by atoms with E-state index in [1.807, 2.05) is 13.8 Å². The lowest BCUT2D eigenvalue weighted by Gasteiger charge is -2.19. The van der Waals surface area contributed by atoms with Crippen molar-refractivity contribution in [1.29, 1.82) is 0 Å². The highest BCUT2D eigenvalue weighted by molar-refractivity contribution is 6.16. The van der Waals surface area contributed by atoms with Crippen LogP contribution in [0.25, 0.3) is 6.08 Å². The van der Waals surface area contributed by atoms with Crippen LogP contribution in [0.3, 0.4) is 0 Å². The summed E-state index contributed by atoms with van der Waals surface area (Å²) in [5.41, 5.74) is 1.92. The number of hydrogen-bond donors (Lipinski definition) is 1. The van der Waals surface area contributed by atoms with Crippen molar-refractivity contribution in [3.63, 3.8) is 0 Å². The lowest BCUT2D eigenvalue weighted by molar-refractivity contribution is -0.136. The monoisotopic (exact) mass is 456 g/mol. The molecule has 0 aliphatic carbocycles. The Morgan fingerprint density at radius 2 is 2.00 bits per heavy atom. The smallest absolute Gasteiger partial charge is 0.340 e. The summed E-state index contributed by atoms with van der Waals surface area (Å²) >= 11 is 0. The van der Waals surface area contributed by atoms with E-state index in [4.69, 9.17) is 14.2 Å². The highest BCUT2D eigenvalue weighted by atomic mass is 16.5. The summed E-state index contributed by atoms with van der Waals surface area (Å²) in [6, 6.07) is 6.99. The highest BCUT2D eigenvalue weighted by Crippen LogP contribution is 2.32. The van der Waals surface area contributed by atoms with E-state index in [9.17, 15) is 14.4 Å². The Labute approximate surface area is 194 Å². The van der Waals surface area contributed by atoms with Gasteiger partial charge in [-0.15, -0.1) is 0 Å². The molecule has 1 aromatic rings. The zero-order valence-corrected chi connectivity index (χ0v) is 19.7. The van der Waals surface area contributed by atoms with Crippen LogP contribution in [0.1, 0.15) is 39.2 Å². The molecule has 178 valence electrons. The minimum absolute atomic E-state index is 0.0867. The second-order valence-corrected chi connectivity index (χ2v) is 8.62. The minimum atomic E-state index is -0.535. The van der Waals surface area contributed by atoms with Crippen molar-refractivity contribution < 1.29 is 28.6 Å². The number of esters is 1. The van der Waals surface area contributed by atoms with Gasteiger partial charge in [0.2, 0.25) is 0 Å². The number of hydrogen-bond acceptors (Lipinski definition) is 6. The van der Waals surface area contributed by atoms with Crippen molar-refractivity contribution in [2.75, 3.05) is 33.4 Å². The fourth-order valence-electron chi connectivity index (χ4n) is 3.87. The third-order valence-electron chi connectivity index (χ3n) is 5.56. The molecule has 0 spiro atoms. The first-order valence-electron chi connectivity index (χ1n) is 11.2. The molecule has 2 heterocycles. The first kappa shape index (κ1) is 24.5. The Kier molecular flexibility index (Phi) is 8.27.